The molecule has 1 nitrogen and oxygen atoms in total. The zero-order valence-electron chi connectivity index (χ0n) is 12.6. The van der Waals surface area contributed by atoms with Crippen molar-refractivity contribution in [1.29, 1.82) is 0 Å². The normalized spacial score (nSPS) is 12.3. The van der Waals surface area contributed by atoms with Gasteiger partial charge in [-0.05, 0) is 57.2 Å². The Labute approximate surface area is 119 Å². The van der Waals surface area contributed by atoms with Crippen LogP contribution >= 0.6 is 0 Å². The first-order valence-electron chi connectivity index (χ1n) is 7.60. The molecule has 0 aromatic heterocycles. The van der Waals surface area contributed by atoms with E-state index in [0.29, 0.717) is 6.04 Å². The summed E-state index contributed by atoms with van der Waals surface area (Å²) in [5.74, 6) is 0. The molecule has 0 saturated carbocycles. The van der Waals surface area contributed by atoms with E-state index in [0.717, 1.165) is 6.42 Å². The molecule has 1 heteroatoms. The van der Waals surface area contributed by atoms with Gasteiger partial charge in [0.15, 0.2) is 0 Å². The van der Waals surface area contributed by atoms with Crippen LogP contribution in [0.2, 0.25) is 0 Å². The van der Waals surface area contributed by atoms with Crippen LogP contribution in [0.1, 0.15) is 49.7 Å². The molecule has 106 valence electrons. The van der Waals surface area contributed by atoms with Gasteiger partial charge in [0.05, 0.1) is 0 Å². The first-order valence-corrected chi connectivity index (χ1v) is 7.60. The number of hydrogen-bond donors (Lipinski definition) is 1. The van der Waals surface area contributed by atoms with Crippen LogP contribution in [0.15, 0.2) is 36.9 Å². The highest BCUT2D eigenvalue weighted by Gasteiger charge is 2.07. The molecule has 0 heterocycles. The summed E-state index contributed by atoms with van der Waals surface area (Å²) in [4.78, 5) is 0. The molecule has 0 aliphatic carbocycles. The highest BCUT2D eigenvalue weighted by atomic mass is 14.9. The summed E-state index contributed by atoms with van der Waals surface area (Å²) in [6.07, 6.45) is 10.8. The van der Waals surface area contributed by atoms with Crippen molar-refractivity contribution in [3.63, 3.8) is 0 Å². The van der Waals surface area contributed by atoms with Crippen LogP contribution < -0.4 is 5.32 Å². The molecular weight excluding hydrogens is 230 g/mol. The Morgan fingerprint density at radius 3 is 2.63 bits per heavy atom. The molecule has 0 saturated heterocycles. The molecule has 19 heavy (non-hydrogen) atoms. The van der Waals surface area contributed by atoms with Crippen molar-refractivity contribution in [3.05, 3.63) is 48.0 Å². The molecule has 1 unspecified atom stereocenters. The van der Waals surface area contributed by atoms with E-state index in [1.807, 2.05) is 6.08 Å². The third-order valence-corrected chi connectivity index (χ3v) is 3.89. The van der Waals surface area contributed by atoms with Gasteiger partial charge in [0, 0.05) is 6.04 Å². The molecule has 0 fully saturated rings. The number of benzene rings is 1. The minimum atomic E-state index is 0.656. The number of hydrogen-bond acceptors (Lipinski definition) is 1. The molecule has 0 spiro atoms. The maximum Gasteiger partial charge on any atom is 0.00672 e. The van der Waals surface area contributed by atoms with Crippen molar-refractivity contribution in [2.24, 2.45) is 0 Å². The molecule has 0 amide bonds. The summed E-state index contributed by atoms with van der Waals surface area (Å²) in [5.41, 5.74) is 2.91. The average molecular weight is 259 g/mol. The van der Waals surface area contributed by atoms with Gasteiger partial charge in [-0.25, -0.2) is 0 Å². The highest BCUT2D eigenvalue weighted by molar-refractivity contribution is 5.25. The van der Waals surface area contributed by atoms with E-state index < -0.39 is 0 Å². The van der Waals surface area contributed by atoms with Crippen LogP contribution in [0, 0.1) is 6.92 Å². The monoisotopic (exact) mass is 259 g/mol. The first-order chi connectivity index (χ1) is 9.27. The van der Waals surface area contributed by atoms with E-state index in [-0.39, 0.29) is 0 Å². The number of allylic oxidation sites excluding steroid dienone is 1. The Hall–Kier alpha value is -1.08. The summed E-state index contributed by atoms with van der Waals surface area (Å²) in [7, 11) is 2.09. The Morgan fingerprint density at radius 1 is 1.16 bits per heavy atom. The Kier molecular flexibility index (Phi) is 8.24. The Balaban J connectivity index is 2.25. The Bertz CT molecular complexity index is 356. The van der Waals surface area contributed by atoms with Gasteiger partial charge in [0.25, 0.3) is 0 Å². The van der Waals surface area contributed by atoms with Gasteiger partial charge >= 0.3 is 0 Å². The standard InChI is InChI=1S/C18H29N/c1-4-5-6-7-8-13-18(19-3)15-14-17-12-10-9-11-16(17)2/h4,9-12,18-19H,1,5-8,13-15H2,2-3H3. The maximum atomic E-state index is 3.77. The molecule has 1 rings (SSSR count). The van der Waals surface area contributed by atoms with E-state index >= 15 is 0 Å². The van der Waals surface area contributed by atoms with Crippen LogP contribution in [0.5, 0.6) is 0 Å². The molecule has 0 aliphatic rings. The number of rotatable bonds is 10. The molecule has 1 N–H and O–H groups in total. The third kappa shape index (κ3) is 6.58. The maximum absolute atomic E-state index is 3.77. The van der Waals surface area contributed by atoms with Crippen molar-refractivity contribution in [2.75, 3.05) is 7.05 Å². The number of aryl methyl sites for hydroxylation is 2. The molecule has 0 bridgehead atoms. The van der Waals surface area contributed by atoms with E-state index in [1.54, 1.807) is 0 Å². The average Bonchev–Trinajstić information content (AvgIpc) is 2.43. The summed E-state index contributed by atoms with van der Waals surface area (Å²) in [6.45, 7) is 5.98. The van der Waals surface area contributed by atoms with Gasteiger partial charge in [-0.1, -0.05) is 43.2 Å². The van der Waals surface area contributed by atoms with Crippen LogP contribution in [0.25, 0.3) is 0 Å². The van der Waals surface area contributed by atoms with Gasteiger partial charge < -0.3 is 5.32 Å². The van der Waals surface area contributed by atoms with Crippen LogP contribution in [0.4, 0.5) is 0 Å². The minimum absolute atomic E-state index is 0.656. The summed E-state index contributed by atoms with van der Waals surface area (Å²) < 4.78 is 0. The molecule has 0 aliphatic heterocycles. The molecule has 1 aromatic rings. The van der Waals surface area contributed by atoms with Gasteiger partial charge in [0.1, 0.15) is 0 Å². The number of nitrogens with one attached hydrogen (secondary N) is 1. The fourth-order valence-electron chi connectivity index (χ4n) is 2.51. The lowest BCUT2D eigenvalue weighted by Crippen LogP contribution is -2.25. The highest BCUT2D eigenvalue weighted by Crippen LogP contribution is 2.14. The van der Waals surface area contributed by atoms with Crippen molar-refractivity contribution in [1.82, 2.24) is 5.32 Å². The molecule has 1 atom stereocenters. The van der Waals surface area contributed by atoms with Gasteiger partial charge in [-0.3, -0.25) is 0 Å². The topological polar surface area (TPSA) is 12.0 Å². The lowest BCUT2D eigenvalue weighted by molar-refractivity contribution is 0.462. The molecular formula is C18H29N. The van der Waals surface area contributed by atoms with E-state index in [4.69, 9.17) is 0 Å². The van der Waals surface area contributed by atoms with Crippen LogP contribution in [-0.2, 0) is 6.42 Å². The molecule has 1 aromatic carbocycles. The second-order valence-corrected chi connectivity index (χ2v) is 5.38. The van der Waals surface area contributed by atoms with Crippen molar-refractivity contribution < 1.29 is 0 Å². The fraction of sp³-hybridized carbons (Fsp3) is 0.556. The van der Waals surface area contributed by atoms with Gasteiger partial charge in [-0.15, -0.1) is 6.58 Å². The predicted molar refractivity (Wildman–Crippen MR) is 85.6 cm³/mol. The molecule has 0 radical (unpaired) electrons. The van der Waals surface area contributed by atoms with Gasteiger partial charge in [-0.2, -0.15) is 0 Å². The second kappa shape index (κ2) is 9.80. The lowest BCUT2D eigenvalue weighted by Gasteiger charge is -2.16. The zero-order valence-corrected chi connectivity index (χ0v) is 12.6. The summed E-state index contributed by atoms with van der Waals surface area (Å²) in [6, 6.07) is 9.38. The first kappa shape index (κ1) is 16.0. The third-order valence-electron chi connectivity index (χ3n) is 3.89. The van der Waals surface area contributed by atoms with E-state index in [9.17, 15) is 0 Å². The van der Waals surface area contributed by atoms with Crippen molar-refractivity contribution in [2.45, 2.75) is 57.9 Å². The zero-order chi connectivity index (χ0) is 13.9. The lowest BCUT2D eigenvalue weighted by atomic mass is 9.98. The SMILES string of the molecule is C=CCCCCCC(CCc1ccccc1C)NC. The second-order valence-electron chi connectivity index (χ2n) is 5.38. The van der Waals surface area contributed by atoms with E-state index in [2.05, 4.69) is 50.1 Å². The fourth-order valence-corrected chi connectivity index (χ4v) is 2.51. The number of unbranched alkanes of at least 4 members (excludes halogenated alkanes) is 3. The summed E-state index contributed by atoms with van der Waals surface area (Å²) >= 11 is 0. The van der Waals surface area contributed by atoms with E-state index in [1.165, 1.54) is 49.7 Å². The summed E-state index contributed by atoms with van der Waals surface area (Å²) in [5, 5.41) is 3.46. The largest absolute Gasteiger partial charge is 0.317 e. The quantitative estimate of drug-likeness (QED) is 0.476. The smallest absolute Gasteiger partial charge is 0.00672 e. The van der Waals surface area contributed by atoms with Crippen LogP contribution in [0.3, 0.4) is 0 Å². The van der Waals surface area contributed by atoms with Crippen molar-refractivity contribution in [3.8, 4) is 0 Å². The van der Waals surface area contributed by atoms with Crippen LogP contribution in [-0.4, -0.2) is 13.1 Å². The predicted octanol–water partition coefficient (Wildman–Crippen LogP) is 4.65. The Morgan fingerprint density at radius 2 is 1.95 bits per heavy atom. The minimum Gasteiger partial charge on any atom is -0.317 e. The van der Waals surface area contributed by atoms with Crippen molar-refractivity contribution >= 4 is 0 Å². The van der Waals surface area contributed by atoms with Gasteiger partial charge in [0.2, 0.25) is 0 Å².